The van der Waals surface area contributed by atoms with Crippen LogP contribution in [-0.4, -0.2) is 40.4 Å². The molecule has 0 atom stereocenters. The molecule has 35 heavy (non-hydrogen) atoms. The van der Waals surface area contributed by atoms with Gasteiger partial charge in [0.15, 0.2) is 5.82 Å². The van der Waals surface area contributed by atoms with Gasteiger partial charge in [-0.2, -0.15) is 0 Å². The first kappa shape index (κ1) is 25.8. The molecule has 0 saturated carbocycles. The summed E-state index contributed by atoms with van der Waals surface area (Å²) in [5.41, 5.74) is 2.38. The molecule has 0 aliphatic rings. The lowest BCUT2D eigenvalue weighted by Crippen LogP contribution is -2.26. The fourth-order valence-corrected chi connectivity index (χ4v) is 3.03. The van der Waals surface area contributed by atoms with Gasteiger partial charge in [0.25, 0.3) is 0 Å². The van der Waals surface area contributed by atoms with Crippen LogP contribution >= 0.6 is 0 Å². The second-order valence-electron chi connectivity index (χ2n) is 8.80. The zero-order chi connectivity index (χ0) is 25.5. The minimum absolute atomic E-state index is 0.0420. The van der Waals surface area contributed by atoms with Crippen LogP contribution in [0, 0.1) is 5.41 Å². The molecule has 186 valence electrons. The zero-order valence-electron chi connectivity index (χ0n) is 19.7. The molecule has 0 saturated heterocycles. The summed E-state index contributed by atoms with van der Waals surface area (Å²) in [5, 5.41) is 7.10. The summed E-state index contributed by atoms with van der Waals surface area (Å²) >= 11 is 0. The molecule has 1 heterocycles. The van der Waals surface area contributed by atoms with Gasteiger partial charge in [-0.1, -0.05) is 57.2 Å². The Morgan fingerprint density at radius 1 is 1.06 bits per heavy atom. The van der Waals surface area contributed by atoms with E-state index in [2.05, 4.69) is 40.9 Å². The van der Waals surface area contributed by atoms with E-state index in [0.717, 1.165) is 11.1 Å². The van der Waals surface area contributed by atoms with Crippen LogP contribution in [0.5, 0.6) is 5.75 Å². The Kier molecular flexibility index (Phi) is 8.16. The number of aromatic nitrogens is 3. The molecule has 3 rings (SSSR count). The summed E-state index contributed by atoms with van der Waals surface area (Å²) in [6.45, 7) is 6.85. The molecular weight excluding hydrogens is 461 g/mol. The number of carbonyl (C=O) groups excluding carboxylic acids is 1. The van der Waals surface area contributed by atoms with Gasteiger partial charge < -0.3 is 14.8 Å². The van der Waals surface area contributed by atoms with Crippen LogP contribution < -0.4 is 10.1 Å². The number of nitrogens with one attached hydrogen (secondary N) is 1. The van der Waals surface area contributed by atoms with Gasteiger partial charge in [-0.05, 0) is 41.7 Å². The minimum Gasteiger partial charge on any atom is -0.445 e. The van der Waals surface area contributed by atoms with Gasteiger partial charge in [0.1, 0.15) is 18.7 Å². The van der Waals surface area contributed by atoms with Gasteiger partial charge in [-0.15, -0.1) is 18.3 Å². The smallest absolute Gasteiger partial charge is 0.445 e. The quantitative estimate of drug-likeness (QED) is 0.412. The molecule has 2 aromatic carbocycles. The molecule has 0 aliphatic carbocycles. The summed E-state index contributed by atoms with van der Waals surface area (Å²) in [6.07, 6.45) is 0.717. The van der Waals surface area contributed by atoms with Gasteiger partial charge in [-0.25, -0.2) is 14.5 Å². The van der Waals surface area contributed by atoms with Crippen molar-refractivity contribution in [3.63, 3.8) is 0 Å². The largest absolute Gasteiger partial charge is 0.573 e. The van der Waals surface area contributed by atoms with Crippen molar-refractivity contribution in [2.75, 3.05) is 13.2 Å². The SMILES string of the molecule is CC(C)(C)C=CCOC(=O)NCCc1ccc(-c2ncn(-c3ccc(OC(F)(F)F)cc3)n2)cc1. The fraction of sp³-hybridized carbons (Fsp3) is 0.320. The maximum atomic E-state index is 12.3. The number of ether oxygens (including phenoxy) is 2. The number of alkyl halides is 3. The van der Waals surface area contributed by atoms with Crippen LogP contribution in [0.3, 0.4) is 0 Å². The maximum Gasteiger partial charge on any atom is 0.573 e. The number of hydrogen-bond acceptors (Lipinski definition) is 5. The molecular formula is C25H27F3N4O3. The third-order valence-electron chi connectivity index (χ3n) is 4.65. The van der Waals surface area contributed by atoms with Crippen molar-refractivity contribution in [3.8, 4) is 22.8 Å². The van der Waals surface area contributed by atoms with Gasteiger partial charge in [0, 0.05) is 12.1 Å². The summed E-state index contributed by atoms with van der Waals surface area (Å²) in [4.78, 5) is 16.0. The lowest BCUT2D eigenvalue weighted by molar-refractivity contribution is -0.274. The van der Waals surface area contributed by atoms with Gasteiger partial charge in [-0.3, -0.25) is 0 Å². The number of rotatable bonds is 8. The highest BCUT2D eigenvalue weighted by Gasteiger charge is 2.31. The first-order valence-corrected chi connectivity index (χ1v) is 10.9. The number of amides is 1. The molecule has 0 fully saturated rings. The Labute approximate surface area is 201 Å². The van der Waals surface area contributed by atoms with Crippen LogP contribution in [0.25, 0.3) is 17.1 Å². The van der Waals surface area contributed by atoms with E-state index in [9.17, 15) is 18.0 Å². The molecule has 0 aliphatic heterocycles. The first-order chi connectivity index (χ1) is 16.5. The van der Waals surface area contributed by atoms with E-state index >= 15 is 0 Å². The standard InChI is InChI=1S/C25H27F3N4O3/c1-24(2,3)14-4-16-34-23(33)29-15-13-18-5-7-19(8-6-18)22-30-17-32(31-22)20-9-11-21(12-10-20)35-25(26,27)28/h4-12,14,17H,13,15-16H2,1-3H3,(H,29,33). The zero-order valence-corrected chi connectivity index (χ0v) is 19.7. The monoisotopic (exact) mass is 488 g/mol. The number of carbonyl (C=O) groups is 1. The van der Waals surface area contributed by atoms with Crippen LogP contribution in [0.4, 0.5) is 18.0 Å². The van der Waals surface area contributed by atoms with E-state index < -0.39 is 12.5 Å². The van der Waals surface area contributed by atoms with Crippen LogP contribution in [0.1, 0.15) is 26.3 Å². The van der Waals surface area contributed by atoms with E-state index in [0.29, 0.717) is 24.5 Å². The Balaban J connectivity index is 1.49. The predicted molar refractivity (Wildman–Crippen MR) is 125 cm³/mol. The van der Waals surface area contributed by atoms with Crippen LogP contribution in [0.15, 0.2) is 67.0 Å². The molecule has 1 N–H and O–H groups in total. The Morgan fingerprint density at radius 3 is 2.37 bits per heavy atom. The van der Waals surface area contributed by atoms with E-state index in [4.69, 9.17) is 4.74 Å². The van der Waals surface area contributed by atoms with E-state index in [1.807, 2.05) is 36.4 Å². The molecule has 1 aromatic heterocycles. The number of halogens is 3. The fourth-order valence-electron chi connectivity index (χ4n) is 3.03. The van der Waals surface area contributed by atoms with Crippen molar-refractivity contribution in [2.24, 2.45) is 5.41 Å². The van der Waals surface area contributed by atoms with Gasteiger partial charge in [0.2, 0.25) is 0 Å². The topological polar surface area (TPSA) is 78.3 Å². The highest BCUT2D eigenvalue weighted by Crippen LogP contribution is 2.24. The Hall–Kier alpha value is -3.82. The molecule has 0 bridgehead atoms. The predicted octanol–water partition coefficient (Wildman–Crippen LogP) is 5.70. The van der Waals surface area contributed by atoms with Gasteiger partial charge >= 0.3 is 12.5 Å². The lowest BCUT2D eigenvalue weighted by Gasteiger charge is -2.11. The second-order valence-corrected chi connectivity index (χ2v) is 8.80. The van der Waals surface area contributed by atoms with Crippen molar-refractivity contribution in [1.82, 2.24) is 20.1 Å². The van der Waals surface area contributed by atoms with E-state index in [1.165, 1.54) is 35.3 Å². The summed E-state index contributed by atoms with van der Waals surface area (Å²) < 4.78 is 47.4. The number of hydrogen-bond donors (Lipinski definition) is 1. The molecule has 1 amide bonds. The Bertz CT molecular complexity index is 1130. The number of nitrogens with zero attached hydrogens (tertiary/aromatic N) is 3. The van der Waals surface area contributed by atoms with E-state index in [-0.39, 0.29) is 17.8 Å². The molecule has 0 radical (unpaired) electrons. The van der Waals surface area contributed by atoms with Crippen LogP contribution in [-0.2, 0) is 11.2 Å². The number of allylic oxidation sites excluding steroid dienone is 1. The lowest BCUT2D eigenvalue weighted by atomic mass is 9.96. The van der Waals surface area contributed by atoms with Crippen molar-refractivity contribution in [2.45, 2.75) is 33.6 Å². The maximum absolute atomic E-state index is 12.3. The average molecular weight is 489 g/mol. The first-order valence-electron chi connectivity index (χ1n) is 10.9. The van der Waals surface area contributed by atoms with Crippen molar-refractivity contribution in [1.29, 1.82) is 0 Å². The second kappa shape index (κ2) is 11.1. The molecule has 3 aromatic rings. The molecule has 0 spiro atoms. The third kappa shape index (κ3) is 8.80. The number of benzene rings is 2. The third-order valence-corrected chi connectivity index (χ3v) is 4.65. The van der Waals surface area contributed by atoms with Crippen LogP contribution in [0.2, 0.25) is 0 Å². The summed E-state index contributed by atoms with van der Waals surface area (Å²) in [5.74, 6) is 0.162. The Morgan fingerprint density at radius 2 is 1.74 bits per heavy atom. The minimum atomic E-state index is -4.74. The van der Waals surface area contributed by atoms with Crippen molar-refractivity contribution >= 4 is 6.09 Å². The normalized spacial score (nSPS) is 12.1. The van der Waals surface area contributed by atoms with Crippen molar-refractivity contribution < 1.29 is 27.4 Å². The molecule has 10 heteroatoms. The molecule has 7 nitrogen and oxygen atoms in total. The molecule has 0 unspecified atom stereocenters. The average Bonchev–Trinajstić information content (AvgIpc) is 3.26. The summed E-state index contributed by atoms with van der Waals surface area (Å²) in [7, 11) is 0. The van der Waals surface area contributed by atoms with E-state index in [1.54, 1.807) is 0 Å². The highest BCUT2D eigenvalue weighted by atomic mass is 19.4. The van der Waals surface area contributed by atoms with Crippen molar-refractivity contribution in [3.05, 3.63) is 72.6 Å². The number of alkyl carbamates (subject to hydrolysis) is 1. The van der Waals surface area contributed by atoms with Gasteiger partial charge in [0.05, 0.1) is 5.69 Å². The summed E-state index contributed by atoms with van der Waals surface area (Å²) in [6, 6.07) is 12.9. The highest BCUT2D eigenvalue weighted by molar-refractivity contribution is 5.67.